The molecule has 144 valence electrons. The van der Waals surface area contributed by atoms with Gasteiger partial charge in [0.15, 0.2) is 5.96 Å². The Morgan fingerprint density at radius 2 is 2.12 bits per heavy atom. The minimum Gasteiger partial charge on any atom is -0.379 e. The lowest BCUT2D eigenvalue weighted by Crippen LogP contribution is -2.49. The lowest BCUT2D eigenvalue weighted by molar-refractivity contribution is 0.0211. The molecule has 1 saturated heterocycles. The van der Waals surface area contributed by atoms with Gasteiger partial charge in [-0.3, -0.25) is 4.90 Å². The van der Waals surface area contributed by atoms with E-state index in [1.165, 1.54) is 6.07 Å². The van der Waals surface area contributed by atoms with Crippen molar-refractivity contribution in [2.24, 2.45) is 4.99 Å². The van der Waals surface area contributed by atoms with E-state index in [2.05, 4.69) is 27.4 Å². The van der Waals surface area contributed by atoms with Crippen molar-refractivity contribution in [3.05, 3.63) is 35.1 Å². The van der Waals surface area contributed by atoms with Crippen LogP contribution in [0.2, 0.25) is 0 Å². The average Bonchev–Trinajstić information content (AvgIpc) is 2.65. The van der Waals surface area contributed by atoms with Crippen LogP contribution in [-0.2, 0) is 11.3 Å². The molecule has 1 atom stereocenters. The van der Waals surface area contributed by atoms with E-state index in [4.69, 9.17) is 10.00 Å². The van der Waals surface area contributed by atoms with Crippen molar-refractivity contribution in [1.29, 1.82) is 5.26 Å². The molecule has 1 fully saturated rings. The van der Waals surface area contributed by atoms with Gasteiger partial charge in [-0.25, -0.2) is 9.38 Å². The molecule has 2 N–H and O–H groups in total. The Bertz CT molecular complexity index is 628. The Morgan fingerprint density at radius 1 is 1.38 bits per heavy atom. The van der Waals surface area contributed by atoms with Crippen LogP contribution in [-0.4, -0.2) is 56.3 Å². The van der Waals surface area contributed by atoms with E-state index in [1.807, 2.05) is 13.0 Å². The minimum atomic E-state index is -0.402. The Hall–Kier alpha value is -1.44. The maximum atomic E-state index is 14.0. The van der Waals surface area contributed by atoms with Crippen molar-refractivity contribution >= 4 is 29.9 Å². The van der Waals surface area contributed by atoms with Crippen LogP contribution in [0.1, 0.15) is 25.0 Å². The van der Waals surface area contributed by atoms with Gasteiger partial charge in [0.25, 0.3) is 0 Å². The molecule has 0 aliphatic carbocycles. The quantitative estimate of drug-likeness (QED) is 0.375. The third kappa shape index (κ3) is 7.05. The monoisotopic (exact) mass is 475 g/mol. The number of guanidine groups is 1. The molecule has 0 aromatic heterocycles. The van der Waals surface area contributed by atoms with Crippen molar-refractivity contribution in [3.63, 3.8) is 0 Å². The number of nitriles is 1. The number of rotatable bonds is 6. The molecule has 0 bridgehead atoms. The Kier molecular flexibility index (Phi) is 10.5. The summed E-state index contributed by atoms with van der Waals surface area (Å²) in [5.74, 6) is 0.256. The van der Waals surface area contributed by atoms with Crippen molar-refractivity contribution in [2.45, 2.75) is 26.4 Å². The van der Waals surface area contributed by atoms with Gasteiger partial charge in [-0.05, 0) is 26.0 Å². The highest BCUT2D eigenvalue weighted by Crippen LogP contribution is 2.11. The first-order chi connectivity index (χ1) is 12.1. The van der Waals surface area contributed by atoms with Crippen LogP contribution in [0.25, 0.3) is 0 Å². The maximum absolute atomic E-state index is 14.0. The molecule has 6 nitrogen and oxygen atoms in total. The number of aliphatic imine (C=N–C) groups is 1. The highest BCUT2D eigenvalue weighted by Gasteiger charge is 2.17. The summed E-state index contributed by atoms with van der Waals surface area (Å²) >= 11 is 0. The Balaban J connectivity index is 0.00000338. The summed E-state index contributed by atoms with van der Waals surface area (Å²) < 4.78 is 19.3. The lowest BCUT2D eigenvalue weighted by atomic mass is 10.1. The summed E-state index contributed by atoms with van der Waals surface area (Å²) in [5.41, 5.74) is 0.784. The molecular weight excluding hydrogens is 448 g/mol. The maximum Gasteiger partial charge on any atom is 0.191 e. The highest BCUT2D eigenvalue weighted by atomic mass is 127. The van der Waals surface area contributed by atoms with Crippen LogP contribution in [0.4, 0.5) is 4.39 Å². The van der Waals surface area contributed by atoms with Gasteiger partial charge < -0.3 is 15.4 Å². The average molecular weight is 475 g/mol. The second-order valence-electron chi connectivity index (χ2n) is 5.99. The summed E-state index contributed by atoms with van der Waals surface area (Å²) in [6, 6.07) is 6.75. The standard InChI is InChI=1S/C18H26FN5O.HI/c1-3-21-18(22-12-14(2)24-6-8-25-9-7-24)23-13-16-5-4-15(11-20)10-17(16)19;/h4-5,10,14H,3,6-9,12-13H2,1-2H3,(H2,21,22,23);1H. The first-order valence-electron chi connectivity index (χ1n) is 8.66. The molecular formula is C18H27FIN5O. The fourth-order valence-corrected chi connectivity index (χ4v) is 2.64. The first-order valence-corrected chi connectivity index (χ1v) is 8.66. The molecule has 1 aromatic carbocycles. The van der Waals surface area contributed by atoms with Crippen molar-refractivity contribution < 1.29 is 9.13 Å². The van der Waals surface area contributed by atoms with Crippen LogP contribution in [0.5, 0.6) is 0 Å². The van der Waals surface area contributed by atoms with E-state index in [0.29, 0.717) is 23.1 Å². The topological polar surface area (TPSA) is 72.7 Å². The van der Waals surface area contributed by atoms with Crippen LogP contribution < -0.4 is 10.6 Å². The summed E-state index contributed by atoms with van der Waals surface area (Å²) in [5, 5.41) is 15.3. The van der Waals surface area contributed by atoms with E-state index in [9.17, 15) is 4.39 Å². The van der Waals surface area contributed by atoms with Gasteiger partial charge in [-0.2, -0.15) is 5.26 Å². The second-order valence-corrected chi connectivity index (χ2v) is 5.99. The molecule has 26 heavy (non-hydrogen) atoms. The molecule has 0 saturated carbocycles. The number of nitrogens with zero attached hydrogens (tertiary/aromatic N) is 3. The molecule has 8 heteroatoms. The van der Waals surface area contributed by atoms with E-state index >= 15 is 0 Å². The molecule has 1 heterocycles. The zero-order chi connectivity index (χ0) is 18.1. The summed E-state index contributed by atoms with van der Waals surface area (Å²) in [6.07, 6.45) is 0. The van der Waals surface area contributed by atoms with Gasteiger partial charge in [0.05, 0.1) is 31.4 Å². The van der Waals surface area contributed by atoms with Crippen molar-refractivity contribution in [3.8, 4) is 6.07 Å². The number of halogens is 2. The number of morpholine rings is 1. The number of benzene rings is 1. The third-order valence-electron chi connectivity index (χ3n) is 4.17. The van der Waals surface area contributed by atoms with E-state index in [1.54, 1.807) is 12.1 Å². The molecule has 1 aliphatic rings. The summed E-state index contributed by atoms with van der Waals surface area (Å²) in [4.78, 5) is 6.82. The predicted octanol–water partition coefficient (Wildman–Crippen LogP) is 2.09. The van der Waals surface area contributed by atoms with Crippen LogP contribution >= 0.6 is 24.0 Å². The molecule has 1 aliphatic heterocycles. The van der Waals surface area contributed by atoms with Crippen LogP contribution in [0.15, 0.2) is 23.2 Å². The zero-order valence-corrected chi connectivity index (χ0v) is 17.6. The molecule has 1 unspecified atom stereocenters. The van der Waals surface area contributed by atoms with Crippen molar-refractivity contribution in [1.82, 2.24) is 15.5 Å². The van der Waals surface area contributed by atoms with Gasteiger partial charge >= 0.3 is 0 Å². The van der Waals surface area contributed by atoms with E-state index in [0.717, 1.165) is 39.4 Å². The number of hydrogen-bond acceptors (Lipinski definition) is 4. The third-order valence-corrected chi connectivity index (χ3v) is 4.17. The van der Waals surface area contributed by atoms with Gasteiger partial charge in [0, 0.05) is 37.8 Å². The smallest absolute Gasteiger partial charge is 0.191 e. The zero-order valence-electron chi connectivity index (χ0n) is 15.3. The normalized spacial score (nSPS) is 16.3. The molecule has 2 rings (SSSR count). The van der Waals surface area contributed by atoms with Gasteiger partial charge in [-0.15, -0.1) is 24.0 Å². The second kappa shape index (κ2) is 12.0. The van der Waals surface area contributed by atoms with E-state index < -0.39 is 5.82 Å². The molecule has 0 spiro atoms. The lowest BCUT2D eigenvalue weighted by Gasteiger charge is -2.32. The summed E-state index contributed by atoms with van der Waals surface area (Å²) in [7, 11) is 0. The minimum absolute atomic E-state index is 0. The fraction of sp³-hybridized carbons (Fsp3) is 0.556. The molecule has 1 aromatic rings. The molecule has 0 radical (unpaired) electrons. The van der Waals surface area contributed by atoms with Crippen molar-refractivity contribution in [2.75, 3.05) is 39.4 Å². The van der Waals surface area contributed by atoms with Crippen LogP contribution in [0.3, 0.4) is 0 Å². The van der Waals surface area contributed by atoms with Crippen LogP contribution in [0, 0.1) is 17.1 Å². The largest absolute Gasteiger partial charge is 0.379 e. The van der Waals surface area contributed by atoms with Gasteiger partial charge in [-0.1, -0.05) is 6.07 Å². The predicted molar refractivity (Wildman–Crippen MR) is 111 cm³/mol. The molecule has 0 amide bonds. The Labute approximate surface area is 171 Å². The highest BCUT2D eigenvalue weighted by molar-refractivity contribution is 14.0. The summed E-state index contributed by atoms with van der Waals surface area (Å²) in [6.45, 7) is 9.29. The SMILES string of the molecule is CCNC(=NCc1ccc(C#N)cc1F)NCC(C)N1CCOCC1.I. The number of ether oxygens (including phenoxy) is 1. The number of hydrogen-bond donors (Lipinski definition) is 2. The Morgan fingerprint density at radius 3 is 2.73 bits per heavy atom. The first kappa shape index (κ1) is 22.6. The van der Waals surface area contributed by atoms with Gasteiger partial charge in [0.2, 0.25) is 0 Å². The number of nitrogens with one attached hydrogen (secondary N) is 2. The van der Waals surface area contributed by atoms with E-state index in [-0.39, 0.29) is 30.5 Å². The van der Waals surface area contributed by atoms with Gasteiger partial charge in [0.1, 0.15) is 5.82 Å². The fourth-order valence-electron chi connectivity index (χ4n) is 2.64.